The third kappa shape index (κ3) is 2.16. The second kappa shape index (κ2) is 5.38. The zero-order valence-electron chi connectivity index (χ0n) is 12.6. The Morgan fingerprint density at radius 2 is 2.00 bits per heavy atom. The second-order valence-electron chi connectivity index (χ2n) is 5.02. The summed E-state index contributed by atoms with van der Waals surface area (Å²) < 4.78 is 7.33. The molecule has 104 valence electrons. The van der Waals surface area contributed by atoms with Crippen molar-refractivity contribution in [2.24, 2.45) is 7.05 Å². The lowest BCUT2D eigenvalue weighted by atomic mass is 9.90. The van der Waals surface area contributed by atoms with Gasteiger partial charge >= 0.3 is 0 Å². The molecule has 0 saturated carbocycles. The third-order valence-corrected chi connectivity index (χ3v) is 3.83. The molecule has 0 fully saturated rings. The molecular formula is C16H19N3O. The van der Waals surface area contributed by atoms with Crippen molar-refractivity contribution in [3.8, 4) is 11.8 Å². The van der Waals surface area contributed by atoms with Gasteiger partial charge in [-0.05, 0) is 43.0 Å². The monoisotopic (exact) mass is 269 g/mol. The number of aromatic nitrogens is 2. The molecule has 0 aliphatic rings. The molecule has 0 N–H and O–H groups in total. The largest absolute Gasteiger partial charge is 0.496 e. The summed E-state index contributed by atoms with van der Waals surface area (Å²) in [5.41, 5.74) is 4.21. The second-order valence-corrected chi connectivity index (χ2v) is 5.02. The fourth-order valence-electron chi connectivity index (χ4n) is 2.63. The standard InChI is InChI=1S/C16H19N3O/c1-10-8-13(11(2)12(3)15(10)20-5)14(9-17)16-18-6-7-19(16)4/h6-8,14H,1-5H3. The third-order valence-electron chi connectivity index (χ3n) is 3.83. The zero-order chi connectivity index (χ0) is 14.9. The van der Waals surface area contributed by atoms with Gasteiger partial charge in [0.05, 0.1) is 13.2 Å². The molecule has 20 heavy (non-hydrogen) atoms. The van der Waals surface area contributed by atoms with Crippen LogP contribution in [0.4, 0.5) is 0 Å². The van der Waals surface area contributed by atoms with Gasteiger partial charge in [-0.3, -0.25) is 0 Å². The minimum Gasteiger partial charge on any atom is -0.496 e. The molecule has 0 aliphatic carbocycles. The molecule has 4 nitrogen and oxygen atoms in total. The SMILES string of the molecule is COc1c(C)cc(C(C#N)c2nccn2C)c(C)c1C. The lowest BCUT2D eigenvalue weighted by Gasteiger charge is -2.18. The number of methoxy groups -OCH3 is 1. The molecule has 0 radical (unpaired) electrons. The van der Waals surface area contributed by atoms with Crippen LogP contribution < -0.4 is 4.74 Å². The zero-order valence-corrected chi connectivity index (χ0v) is 12.6. The van der Waals surface area contributed by atoms with Gasteiger partial charge in [-0.1, -0.05) is 6.07 Å². The van der Waals surface area contributed by atoms with Crippen LogP contribution in [0.2, 0.25) is 0 Å². The van der Waals surface area contributed by atoms with Crippen LogP contribution in [0.3, 0.4) is 0 Å². The molecular weight excluding hydrogens is 250 g/mol. The van der Waals surface area contributed by atoms with Crippen LogP contribution in [0, 0.1) is 32.1 Å². The Kier molecular flexibility index (Phi) is 3.80. The van der Waals surface area contributed by atoms with Crippen LogP contribution >= 0.6 is 0 Å². The van der Waals surface area contributed by atoms with Gasteiger partial charge in [0.25, 0.3) is 0 Å². The van der Waals surface area contributed by atoms with E-state index >= 15 is 0 Å². The molecule has 2 aromatic rings. The van der Waals surface area contributed by atoms with E-state index in [4.69, 9.17) is 4.74 Å². The molecule has 0 aliphatic heterocycles. The van der Waals surface area contributed by atoms with Crippen molar-refractivity contribution in [2.75, 3.05) is 7.11 Å². The fourth-order valence-corrected chi connectivity index (χ4v) is 2.63. The maximum atomic E-state index is 9.57. The van der Waals surface area contributed by atoms with Gasteiger partial charge in [0.1, 0.15) is 17.5 Å². The minimum atomic E-state index is -0.363. The van der Waals surface area contributed by atoms with Crippen molar-refractivity contribution in [2.45, 2.75) is 26.7 Å². The molecule has 1 aromatic heterocycles. The quantitative estimate of drug-likeness (QED) is 0.860. The number of nitriles is 1. The average Bonchev–Trinajstić information content (AvgIpc) is 2.83. The molecule has 0 amide bonds. The lowest BCUT2D eigenvalue weighted by molar-refractivity contribution is 0.408. The highest BCUT2D eigenvalue weighted by atomic mass is 16.5. The Bertz CT molecular complexity index is 680. The fraction of sp³-hybridized carbons (Fsp3) is 0.375. The van der Waals surface area contributed by atoms with E-state index in [1.54, 1.807) is 13.3 Å². The van der Waals surface area contributed by atoms with E-state index < -0.39 is 0 Å². The number of imidazole rings is 1. The van der Waals surface area contributed by atoms with Gasteiger partial charge in [0, 0.05) is 19.4 Å². The summed E-state index contributed by atoms with van der Waals surface area (Å²) in [4.78, 5) is 4.32. The smallest absolute Gasteiger partial charge is 0.130 e. The van der Waals surface area contributed by atoms with Crippen LogP contribution in [0.25, 0.3) is 0 Å². The van der Waals surface area contributed by atoms with Gasteiger partial charge in [-0.15, -0.1) is 0 Å². The van der Waals surface area contributed by atoms with E-state index in [0.717, 1.165) is 33.8 Å². The average molecular weight is 269 g/mol. The van der Waals surface area contributed by atoms with Crippen molar-refractivity contribution in [1.82, 2.24) is 9.55 Å². The van der Waals surface area contributed by atoms with Gasteiger partial charge < -0.3 is 9.30 Å². The molecule has 1 aromatic carbocycles. The number of hydrogen-bond acceptors (Lipinski definition) is 3. The van der Waals surface area contributed by atoms with E-state index in [1.165, 1.54) is 0 Å². The Labute approximate surface area is 119 Å². The maximum absolute atomic E-state index is 9.57. The Morgan fingerprint density at radius 3 is 2.50 bits per heavy atom. The van der Waals surface area contributed by atoms with Gasteiger partial charge in [0.15, 0.2) is 0 Å². The summed E-state index contributed by atoms with van der Waals surface area (Å²) in [5.74, 6) is 1.29. The van der Waals surface area contributed by atoms with Crippen LogP contribution in [0.15, 0.2) is 18.5 Å². The normalized spacial score (nSPS) is 12.0. The predicted octanol–water partition coefficient (Wildman–Crippen LogP) is 3.01. The van der Waals surface area contributed by atoms with Crippen molar-refractivity contribution in [3.05, 3.63) is 46.5 Å². The number of benzene rings is 1. The van der Waals surface area contributed by atoms with E-state index in [0.29, 0.717) is 0 Å². The highest BCUT2D eigenvalue weighted by Crippen LogP contribution is 2.34. The number of ether oxygens (including phenoxy) is 1. The Balaban J connectivity index is 2.63. The molecule has 0 bridgehead atoms. The molecule has 4 heteroatoms. The predicted molar refractivity (Wildman–Crippen MR) is 77.9 cm³/mol. The summed E-state index contributed by atoms with van der Waals surface area (Å²) in [6.07, 6.45) is 3.58. The first-order chi connectivity index (χ1) is 9.51. The van der Waals surface area contributed by atoms with Gasteiger partial charge in [0.2, 0.25) is 0 Å². The summed E-state index contributed by atoms with van der Waals surface area (Å²) in [5, 5.41) is 9.57. The lowest BCUT2D eigenvalue weighted by Crippen LogP contribution is -2.09. The number of rotatable bonds is 3. The van der Waals surface area contributed by atoms with Crippen molar-refractivity contribution >= 4 is 0 Å². The summed E-state index contributed by atoms with van der Waals surface area (Å²) >= 11 is 0. The number of nitrogens with zero attached hydrogens (tertiary/aromatic N) is 3. The first-order valence-corrected chi connectivity index (χ1v) is 6.52. The van der Waals surface area contributed by atoms with E-state index in [9.17, 15) is 5.26 Å². The first kappa shape index (κ1) is 14.1. The summed E-state index contributed by atoms with van der Waals surface area (Å²) in [7, 11) is 3.58. The highest BCUT2D eigenvalue weighted by molar-refractivity contribution is 5.52. The Hall–Kier alpha value is -2.28. The van der Waals surface area contributed by atoms with Crippen LogP contribution in [0.1, 0.15) is 34.0 Å². The molecule has 0 spiro atoms. The Morgan fingerprint density at radius 1 is 1.30 bits per heavy atom. The summed E-state index contributed by atoms with van der Waals surface area (Å²) in [6.45, 7) is 6.05. The topological polar surface area (TPSA) is 50.8 Å². The van der Waals surface area contributed by atoms with E-state index in [-0.39, 0.29) is 5.92 Å². The van der Waals surface area contributed by atoms with E-state index in [1.807, 2.05) is 44.6 Å². The highest BCUT2D eigenvalue weighted by Gasteiger charge is 2.22. The molecule has 1 unspecified atom stereocenters. The van der Waals surface area contributed by atoms with Crippen molar-refractivity contribution < 1.29 is 4.74 Å². The minimum absolute atomic E-state index is 0.363. The molecule has 2 rings (SSSR count). The van der Waals surface area contributed by atoms with Gasteiger partial charge in [-0.25, -0.2) is 4.98 Å². The van der Waals surface area contributed by atoms with Crippen molar-refractivity contribution in [1.29, 1.82) is 5.26 Å². The summed E-state index contributed by atoms with van der Waals surface area (Å²) in [6, 6.07) is 4.40. The maximum Gasteiger partial charge on any atom is 0.130 e. The molecule has 1 heterocycles. The van der Waals surface area contributed by atoms with Crippen molar-refractivity contribution in [3.63, 3.8) is 0 Å². The van der Waals surface area contributed by atoms with Crippen LogP contribution in [-0.2, 0) is 7.05 Å². The number of aryl methyl sites for hydroxylation is 2. The first-order valence-electron chi connectivity index (χ1n) is 6.52. The van der Waals surface area contributed by atoms with Gasteiger partial charge in [-0.2, -0.15) is 5.26 Å². The number of hydrogen-bond donors (Lipinski definition) is 0. The molecule has 1 atom stereocenters. The van der Waals surface area contributed by atoms with E-state index in [2.05, 4.69) is 11.1 Å². The molecule has 0 saturated heterocycles. The van der Waals surface area contributed by atoms with Crippen LogP contribution in [0.5, 0.6) is 5.75 Å². The van der Waals surface area contributed by atoms with Crippen LogP contribution in [-0.4, -0.2) is 16.7 Å².